The van der Waals surface area contributed by atoms with Crippen molar-refractivity contribution in [3.05, 3.63) is 41.0 Å². The van der Waals surface area contributed by atoms with Crippen LogP contribution in [-0.2, 0) is 15.6 Å². The Bertz CT molecular complexity index is 622. The number of ketones is 1. The van der Waals surface area contributed by atoms with Crippen molar-refractivity contribution in [1.82, 2.24) is 0 Å². The quantitative estimate of drug-likeness (QED) is 0.736. The summed E-state index contributed by atoms with van der Waals surface area (Å²) in [6.45, 7) is 15.4. The highest BCUT2D eigenvalue weighted by molar-refractivity contribution is 7.37. The molecule has 0 fully saturated rings. The van der Waals surface area contributed by atoms with Crippen molar-refractivity contribution in [2.45, 2.75) is 58.6 Å². The maximum atomic E-state index is 13.0. The van der Waals surface area contributed by atoms with E-state index >= 15 is 0 Å². The first-order valence-corrected chi connectivity index (χ1v) is 15.4. The summed E-state index contributed by atoms with van der Waals surface area (Å²) in [5.74, 6) is 0.141. The number of carbonyl (C=O) groups is 1. The van der Waals surface area contributed by atoms with Crippen molar-refractivity contribution in [2.24, 2.45) is 0 Å². The van der Waals surface area contributed by atoms with Crippen molar-refractivity contribution >= 4 is 27.3 Å². The molecule has 2 rings (SSSR count). The third-order valence-electron chi connectivity index (χ3n) is 4.92. The number of hydrogen-bond acceptors (Lipinski definition) is 2. The Kier molecular flexibility index (Phi) is 4.41. The predicted molar refractivity (Wildman–Crippen MR) is 99.1 cm³/mol. The summed E-state index contributed by atoms with van der Waals surface area (Å²) in [4.78, 5) is 13.0. The van der Waals surface area contributed by atoms with E-state index < -0.39 is 21.0 Å². The molecular weight excluding hydrogens is 304 g/mol. The van der Waals surface area contributed by atoms with Gasteiger partial charge in [-0.05, 0) is 44.1 Å². The molecule has 1 aliphatic rings. The van der Waals surface area contributed by atoms with E-state index in [2.05, 4.69) is 44.9 Å². The number of fused-ring (bicyclic) bond motifs is 1. The van der Waals surface area contributed by atoms with Crippen molar-refractivity contribution in [3.8, 4) is 0 Å². The molecule has 0 spiro atoms. The van der Waals surface area contributed by atoms with Crippen LogP contribution in [0.15, 0.2) is 29.8 Å². The van der Waals surface area contributed by atoms with Gasteiger partial charge in [0, 0.05) is 12.0 Å². The van der Waals surface area contributed by atoms with Crippen molar-refractivity contribution < 1.29 is 9.22 Å². The molecule has 22 heavy (non-hydrogen) atoms. The fourth-order valence-corrected chi connectivity index (χ4v) is 6.01. The molecule has 0 heterocycles. The molecule has 0 aliphatic heterocycles. The molecular formula is C18H28O2Si2. The second kappa shape index (κ2) is 5.58. The molecule has 0 radical (unpaired) electrons. The largest absolute Gasteiger partial charge is 0.408 e. The van der Waals surface area contributed by atoms with E-state index in [1.807, 2.05) is 32.1 Å². The molecule has 0 atom stereocenters. The third kappa shape index (κ3) is 3.34. The summed E-state index contributed by atoms with van der Waals surface area (Å²) in [5.41, 5.74) is 2.56. The summed E-state index contributed by atoms with van der Waals surface area (Å²) < 4.78 is 6.47. The van der Waals surface area contributed by atoms with Gasteiger partial charge in [-0.1, -0.05) is 43.9 Å². The minimum Gasteiger partial charge on any atom is -0.408 e. The Morgan fingerprint density at radius 1 is 1.09 bits per heavy atom. The minimum absolute atomic E-state index is 0.141. The molecule has 0 saturated heterocycles. The molecule has 1 aromatic rings. The molecule has 2 nitrogen and oxygen atoms in total. The van der Waals surface area contributed by atoms with Crippen LogP contribution in [0.3, 0.4) is 0 Å². The van der Waals surface area contributed by atoms with Gasteiger partial charge in [0.1, 0.15) is 5.60 Å². The van der Waals surface area contributed by atoms with Gasteiger partial charge in [-0.3, -0.25) is 4.79 Å². The smallest absolute Gasteiger partial charge is 0.189 e. The van der Waals surface area contributed by atoms with Crippen LogP contribution in [0.5, 0.6) is 0 Å². The van der Waals surface area contributed by atoms with Crippen molar-refractivity contribution in [1.29, 1.82) is 0 Å². The molecule has 0 unspecified atom stereocenters. The van der Waals surface area contributed by atoms with Gasteiger partial charge in [-0.2, -0.15) is 0 Å². The number of benzene rings is 1. The first-order valence-electron chi connectivity index (χ1n) is 7.97. The average Bonchev–Trinajstić information content (AvgIpc) is 2.78. The van der Waals surface area contributed by atoms with Crippen LogP contribution >= 0.6 is 0 Å². The molecule has 0 saturated carbocycles. The number of rotatable bonds is 5. The number of carbonyl (C=O) groups excluding carboxylic acids is 1. The Hall–Kier alpha value is -0.976. The monoisotopic (exact) mass is 332 g/mol. The molecule has 0 N–H and O–H groups in total. The summed E-state index contributed by atoms with van der Waals surface area (Å²) >= 11 is 0. The van der Waals surface area contributed by atoms with Gasteiger partial charge in [-0.15, -0.1) is 0 Å². The number of hydrogen-bond donors (Lipinski definition) is 0. The van der Waals surface area contributed by atoms with Crippen LogP contribution < -0.4 is 0 Å². The Balaban J connectivity index is 2.20. The summed E-state index contributed by atoms with van der Waals surface area (Å²) in [6.07, 6.45) is 2.77. The lowest BCUT2D eigenvalue weighted by Gasteiger charge is -2.41. The highest BCUT2D eigenvalue weighted by atomic mass is 29.3. The highest BCUT2D eigenvalue weighted by Crippen LogP contribution is 2.32. The summed E-state index contributed by atoms with van der Waals surface area (Å²) in [7, 11) is -3.24. The minimum atomic E-state index is -1.84. The summed E-state index contributed by atoms with van der Waals surface area (Å²) in [6, 6.07) is 8.22. The molecule has 120 valence electrons. The number of Topliss-reactive ketones (excluding diaryl/α,β-unsaturated/α-hetero) is 1. The van der Waals surface area contributed by atoms with Gasteiger partial charge < -0.3 is 4.43 Å². The third-order valence-corrected chi connectivity index (χ3v) is 20.7. The lowest BCUT2D eigenvalue weighted by atomic mass is 9.95. The van der Waals surface area contributed by atoms with Gasteiger partial charge in [-0.25, -0.2) is 0 Å². The second-order valence-corrected chi connectivity index (χ2v) is 24.1. The maximum absolute atomic E-state index is 13.0. The second-order valence-electron chi connectivity index (χ2n) is 8.25. The van der Waals surface area contributed by atoms with E-state index in [0.29, 0.717) is 0 Å². The molecule has 0 aromatic heterocycles. The highest BCUT2D eigenvalue weighted by Gasteiger charge is 2.45. The lowest BCUT2D eigenvalue weighted by Crippen LogP contribution is -2.60. The molecule has 0 amide bonds. The molecule has 1 aliphatic carbocycles. The molecule has 0 bridgehead atoms. The maximum Gasteiger partial charge on any atom is 0.189 e. The van der Waals surface area contributed by atoms with E-state index in [1.165, 1.54) is 11.1 Å². The predicted octanol–water partition coefficient (Wildman–Crippen LogP) is 4.61. The lowest BCUT2D eigenvalue weighted by molar-refractivity contribution is -0.128. The normalized spacial score (nSPS) is 15.5. The molecule has 4 heteroatoms. The average molecular weight is 333 g/mol. The van der Waals surface area contributed by atoms with E-state index in [9.17, 15) is 4.79 Å². The SMILES string of the molecule is CC(C)(O[Si](C)(C)[Si](C)(C)C)C(=O)C1=Cc2ccccc2C1. The van der Waals surface area contributed by atoms with E-state index in [0.717, 1.165) is 12.0 Å². The van der Waals surface area contributed by atoms with Crippen molar-refractivity contribution in [2.75, 3.05) is 0 Å². The van der Waals surface area contributed by atoms with Gasteiger partial charge in [0.25, 0.3) is 0 Å². The van der Waals surface area contributed by atoms with Gasteiger partial charge in [0.05, 0.1) is 7.59 Å². The zero-order valence-electron chi connectivity index (χ0n) is 14.9. The van der Waals surface area contributed by atoms with Gasteiger partial charge in [0.15, 0.2) is 13.6 Å². The fourth-order valence-electron chi connectivity index (χ4n) is 2.65. The van der Waals surface area contributed by atoms with Gasteiger partial charge >= 0.3 is 0 Å². The van der Waals surface area contributed by atoms with Crippen LogP contribution in [-0.4, -0.2) is 26.8 Å². The van der Waals surface area contributed by atoms with E-state index in [1.54, 1.807) is 0 Å². The standard InChI is InChI=1S/C18H28O2Si2/c1-18(2,20-22(6,7)21(3,4)5)17(19)16-12-14-10-8-9-11-15(14)13-16/h8-12H,13H2,1-7H3. The first kappa shape index (κ1) is 17.4. The van der Waals surface area contributed by atoms with Crippen LogP contribution in [0, 0.1) is 0 Å². The van der Waals surface area contributed by atoms with Crippen LogP contribution in [0.4, 0.5) is 0 Å². The topological polar surface area (TPSA) is 26.3 Å². The molecule has 1 aromatic carbocycles. The van der Waals surface area contributed by atoms with Crippen LogP contribution in [0.2, 0.25) is 32.7 Å². The fraction of sp³-hybridized carbons (Fsp3) is 0.500. The Morgan fingerprint density at radius 3 is 2.23 bits per heavy atom. The van der Waals surface area contributed by atoms with E-state index in [-0.39, 0.29) is 5.78 Å². The van der Waals surface area contributed by atoms with Crippen LogP contribution in [0.25, 0.3) is 6.08 Å². The Labute approximate surface area is 136 Å². The van der Waals surface area contributed by atoms with Crippen molar-refractivity contribution in [3.63, 3.8) is 0 Å². The first-order chi connectivity index (χ1) is 9.94. The Morgan fingerprint density at radius 2 is 1.68 bits per heavy atom. The zero-order valence-corrected chi connectivity index (χ0v) is 16.9. The summed E-state index contributed by atoms with van der Waals surface area (Å²) in [5, 5.41) is 0. The zero-order chi connectivity index (χ0) is 16.8. The van der Waals surface area contributed by atoms with Crippen LogP contribution in [0.1, 0.15) is 25.0 Å². The van der Waals surface area contributed by atoms with E-state index in [4.69, 9.17) is 4.43 Å². The van der Waals surface area contributed by atoms with Gasteiger partial charge in [0.2, 0.25) is 0 Å².